The summed E-state index contributed by atoms with van der Waals surface area (Å²) in [6.45, 7) is 7.73. The Morgan fingerprint density at radius 3 is 2.79 bits per heavy atom. The molecule has 1 aromatic heterocycles. The molecule has 2 saturated heterocycles. The molecule has 0 unspecified atom stereocenters. The number of nitrogens with zero attached hydrogens (tertiary/aromatic N) is 3. The molecule has 134 valence electrons. The molecule has 2 aliphatic heterocycles. The Bertz CT molecular complexity index is 532. The van der Waals surface area contributed by atoms with Crippen molar-refractivity contribution in [1.29, 1.82) is 0 Å². The second kappa shape index (κ2) is 8.07. The van der Waals surface area contributed by atoms with E-state index in [1.165, 1.54) is 0 Å². The highest BCUT2D eigenvalue weighted by molar-refractivity contribution is 5.78. The highest BCUT2D eigenvalue weighted by Crippen LogP contribution is 2.26. The Hall–Kier alpha value is -1.47. The van der Waals surface area contributed by atoms with Gasteiger partial charge in [0.25, 0.3) is 5.89 Å². The van der Waals surface area contributed by atoms with Crippen LogP contribution >= 0.6 is 0 Å². The lowest BCUT2D eigenvalue weighted by atomic mass is 9.95. The van der Waals surface area contributed by atoms with Crippen LogP contribution in [-0.2, 0) is 16.0 Å². The summed E-state index contributed by atoms with van der Waals surface area (Å²) < 4.78 is 10.8. The maximum Gasteiger partial charge on any atom is 0.255 e. The van der Waals surface area contributed by atoms with Gasteiger partial charge >= 0.3 is 0 Å². The molecule has 7 nitrogen and oxygen atoms in total. The van der Waals surface area contributed by atoms with Crippen molar-refractivity contribution < 1.29 is 14.1 Å². The molecule has 0 radical (unpaired) electrons. The first kappa shape index (κ1) is 17.4. The third-order valence-corrected chi connectivity index (χ3v) is 4.97. The van der Waals surface area contributed by atoms with Crippen molar-refractivity contribution in [2.45, 2.75) is 58.1 Å². The number of ether oxygens (including phenoxy) is 1. The van der Waals surface area contributed by atoms with Crippen LogP contribution in [-0.4, -0.2) is 53.2 Å². The molecular formula is C17H28N4O3. The highest BCUT2D eigenvalue weighted by Gasteiger charge is 2.26. The van der Waals surface area contributed by atoms with Gasteiger partial charge in [0.2, 0.25) is 5.91 Å². The van der Waals surface area contributed by atoms with Crippen LogP contribution in [0.1, 0.15) is 57.3 Å². The highest BCUT2D eigenvalue weighted by atomic mass is 16.5. The van der Waals surface area contributed by atoms with Crippen molar-refractivity contribution in [3.8, 4) is 0 Å². The molecule has 3 heterocycles. The number of amides is 1. The maximum atomic E-state index is 12.3. The van der Waals surface area contributed by atoms with Gasteiger partial charge in [-0.2, -0.15) is 4.98 Å². The third kappa shape index (κ3) is 4.33. The molecule has 0 bridgehead atoms. The van der Waals surface area contributed by atoms with Crippen LogP contribution < -0.4 is 5.32 Å². The summed E-state index contributed by atoms with van der Waals surface area (Å²) in [6, 6.07) is 0.560. The Morgan fingerprint density at radius 2 is 2.12 bits per heavy atom. The van der Waals surface area contributed by atoms with E-state index in [0.717, 1.165) is 45.4 Å². The van der Waals surface area contributed by atoms with Crippen molar-refractivity contribution in [1.82, 2.24) is 20.4 Å². The van der Waals surface area contributed by atoms with Gasteiger partial charge in [0, 0.05) is 31.5 Å². The lowest BCUT2D eigenvalue weighted by Gasteiger charge is -2.33. The summed E-state index contributed by atoms with van der Waals surface area (Å²) in [6.07, 6.45) is 4.39. The summed E-state index contributed by atoms with van der Waals surface area (Å²) >= 11 is 0. The van der Waals surface area contributed by atoms with Crippen molar-refractivity contribution in [3.63, 3.8) is 0 Å². The summed E-state index contributed by atoms with van der Waals surface area (Å²) in [7, 11) is 0. The topological polar surface area (TPSA) is 80.5 Å². The van der Waals surface area contributed by atoms with Gasteiger partial charge in [0.05, 0.1) is 0 Å². The fraction of sp³-hybridized carbons (Fsp3) is 0.824. The minimum atomic E-state index is -0.0491. The predicted octanol–water partition coefficient (Wildman–Crippen LogP) is 1.70. The summed E-state index contributed by atoms with van der Waals surface area (Å²) in [5, 5.41) is 6.99. The SMILES string of the molecule is CC(C)N1CCC(C(=O)NCCc2noc([C@H]3CCCO3)n2)CC1. The Labute approximate surface area is 143 Å². The number of piperidine rings is 1. The second-order valence-electron chi connectivity index (χ2n) is 7.00. The number of aromatic nitrogens is 2. The van der Waals surface area contributed by atoms with Gasteiger partial charge in [0.15, 0.2) is 5.82 Å². The van der Waals surface area contributed by atoms with Crippen LogP contribution in [0.15, 0.2) is 4.52 Å². The third-order valence-electron chi connectivity index (χ3n) is 4.97. The van der Waals surface area contributed by atoms with Crippen LogP contribution in [0.4, 0.5) is 0 Å². The van der Waals surface area contributed by atoms with E-state index >= 15 is 0 Å². The number of likely N-dealkylation sites (tertiary alicyclic amines) is 1. The Kier molecular flexibility index (Phi) is 5.84. The van der Waals surface area contributed by atoms with Crippen molar-refractivity contribution in [3.05, 3.63) is 11.7 Å². The van der Waals surface area contributed by atoms with Gasteiger partial charge in [-0.1, -0.05) is 5.16 Å². The molecule has 7 heteroatoms. The summed E-state index contributed by atoms with van der Waals surface area (Å²) in [5.41, 5.74) is 0. The van der Waals surface area contributed by atoms with Crippen LogP contribution in [0.2, 0.25) is 0 Å². The van der Waals surface area contributed by atoms with E-state index in [1.807, 2.05) is 0 Å². The molecule has 2 aliphatic rings. The van der Waals surface area contributed by atoms with Crippen LogP contribution in [0.3, 0.4) is 0 Å². The Morgan fingerprint density at radius 1 is 1.33 bits per heavy atom. The quantitative estimate of drug-likeness (QED) is 0.852. The standard InChI is InChI=1S/C17H28N4O3/c1-12(2)21-9-6-13(7-10-21)16(22)18-8-5-15-19-17(24-20-15)14-4-3-11-23-14/h12-14H,3-11H2,1-2H3,(H,18,22)/t14-/m1/s1. The van der Waals surface area contributed by atoms with E-state index in [0.29, 0.717) is 30.7 Å². The molecule has 0 spiro atoms. The molecule has 24 heavy (non-hydrogen) atoms. The zero-order valence-electron chi connectivity index (χ0n) is 14.7. The summed E-state index contributed by atoms with van der Waals surface area (Å²) in [5.74, 6) is 1.49. The molecule has 0 saturated carbocycles. The fourth-order valence-electron chi connectivity index (χ4n) is 3.39. The minimum absolute atomic E-state index is 0.0491. The van der Waals surface area contributed by atoms with E-state index in [4.69, 9.17) is 9.26 Å². The lowest BCUT2D eigenvalue weighted by Crippen LogP contribution is -2.43. The number of rotatable bonds is 6. The van der Waals surface area contributed by atoms with E-state index in [2.05, 4.69) is 34.2 Å². The maximum absolute atomic E-state index is 12.3. The fourth-order valence-corrected chi connectivity index (χ4v) is 3.39. The zero-order valence-corrected chi connectivity index (χ0v) is 14.7. The number of carbonyl (C=O) groups excluding carboxylic acids is 1. The van der Waals surface area contributed by atoms with E-state index < -0.39 is 0 Å². The monoisotopic (exact) mass is 336 g/mol. The molecule has 3 rings (SSSR count). The molecule has 0 aliphatic carbocycles. The van der Waals surface area contributed by atoms with Crippen molar-refractivity contribution in [2.24, 2.45) is 5.92 Å². The Balaban J connectivity index is 1.38. The van der Waals surface area contributed by atoms with Gasteiger partial charge in [-0.15, -0.1) is 0 Å². The molecule has 2 fully saturated rings. The average Bonchev–Trinajstić information content (AvgIpc) is 3.26. The molecule has 1 amide bonds. The van der Waals surface area contributed by atoms with Crippen molar-refractivity contribution >= 4 is 5.91 Å². The first-order chi connectivity index (χ1) is 11.6. The first-order valence-corrected chi connectivity index (χ1v) is 9.09. The van der Waals surface area contributed by atoms with Crippen LogP contribution in [0.5, 0.6) is 0 Å². The van der Waals surface area contributed by atoms with Gasteiger partial charge in [0.1, 0.15) is 6.10 Å². The van der Waals surface area contributed by atoms with Gasteiger partial charge in [-0.05, 0) is 52.6 Å². The van der Waals surface area contributed by atoms with Gasteiger partial charge in [-0.25, -0.2) is 0 Å². The molecule has 1 aromatic rings. The number of nitrogens with one attached hydrogen (secondary N) is 1. The lowest BCUT2D eigenvalue weighted by molar-refractivity contribution is -0.126. The van der Waals surface area contributed by atoms with E-state index in [-0.39, 0.29) is 17.9 Å². The molecule has 1 atom stereocenters. The van der Waals surface area contributed by atoms with Gasteiger partial charge < -0.3 is 19.5 Å². The van der Waals surface area contributed by atoms with Crippen LogP contribution in [0.25, 0.3) is 0 Å². The largest absolute Gasteiger partial charge is 0.368 e. The smallest absolute Gasteiger partial charge is 0.255 e. The van der Waals surface area contributed by atoms with Crippen molar-refractivity contribution in [2.75, 3.05) is 26.2 Å². The second-order valence-corrected chi connectivity index (χ2v) is 7.00. The number of carbonyl (C=O) groups is 1. The minimum Gasteiger partial charge on any atom is -0.368 e. The first-order valence-electron chi connectivity index (χ1n) is 9.09. The predicted molar refractivity (Wildman–Crippen MR) is 88.4 cm³/mol. The molecule has 0 aromatic carbocycles. The average molecular weight is 336 g/mol. The van der Waals surface area contributed by atoms with Crippen LogP contribution in [0, 0.1) is 5.92 Å². The summed E-state index contributed by atoms with van der Waals surface area (Å²) in [4.78, 5) is 19.1. The zero-order chi connectivity index (χ0) is 16.9. The normalized spacial score (nSPS) is 23.0. The van der Waals surface area contributed by atoms with E-state index in [9.17, 15) is 4.79 Å². The number of hydrogen-bond donors (Lipinski definition) is 1. The van der Waals surface area contributed by atoms with E-state index in [1.54, 1.807) is 0 Å². The van der Waals surface area contributed by atoms with Gasteiger partial charge in [-0.3, -0.25) is 4.79 Å². The molecule has 1 N–H and O–H groups in total. The number of hydrogen-bond acceptors (Lipinski definition) is 6. The molecular weight excluding hydrogens is 308 g/mol.